The molecule has 1 aliphatic carbocycles. The molecule has 4 nitrogen and oxygen atoms in total. The highest BCUT2D eigenvalue weighted by Crippen LogP contribution is 2.31. The van der Waals surface area contributed by atoms with Crippen LogP contribution in [0.25, 0.3) is 0 Å². The summed E-state index contributed by atoms with van der Waals surface area (Å²) in [6.07, 6.45) is 7.76. The maximum absolute atomic E-state index is 12.6. The predicted octanol–water partition coefficient (Wildman–Crippen LogP) is 2.32. The number of carbonyl (C=O) groups is 1. The van der Waals surface area contributed by atoms with E-state index in [1.54, 1.807) is 4.90 Å². The van der Waals surface area contributed by atoms with Crippen molar-refractivity contribution in [1.82, 2.24) is 14.5 Å². The average Bonchev–Trinajstić information content (AvgIpc) is 2.99. The second kappa shape index (κ2) is 5.30. The van der Waals surface area contributed by atoms with Crippen LogP contribution in [0.15, 0.2) is 0 Å². The molecule has 0 aliphatic heterocycles. The van der Waals surface area contributed by atoms with Crippen LogP contribution >= 0.6 is 11.5 Å². The molecule has 0 bridgehead atoms. The van der Waals surface area contributed by atoms with Crippen LogP contribution in [0, 0.1) is 18.3 Å². The molecule has 2 rings (SSSR count). The van der Waals surface area contributed by atoms with Crippen LogP contribution in [0.1, 0.15) is 49.0 Å². The van der Waals surface area contributed by atoms with E-state index < -0.39 is 0 Å². The summed E-state index contributed by atoms with van der Waals surface area (Å²) >= 11 is 1.17. The summed E-state index contributed by atoms with van der Waals surface area (Å²) in [6.45, 7) is 7.22. The van der Waals surface area contributed by atoms with E-state index in [1.807, 2.05) is 20.8 Å². The van der Waals surface area contributed by atoms with Crippen LogP contribution in [0.3, 0.4) is 0 Å². The summed E-state index contributed by atoms with van der Waals surface area (Å²) in [5.41, 5.74) is 0.583. The molecule has 1 aromatic rings. The van der Waals surface area contributed by atoms with Gasteiger partial charge in [0.2, 0.25) is 0 Å². The van der Waals surface area contributed by atoms with Gasteiger partial charge in [0.15, 0.2) is 0 Å². The molecule has 1 aromatic heterocycles. The highest BCUT2D eigenvalue weighted by Gasteiger charge is 2.31. The third-order valence-electron chi connectivity index (χ3n) is 3.14. The molecule has 0 spiro atoms. The quantitative estimate of drug-likeness (QED) is 0.793. The fourth-order valence-corrected chi connectivity index (χ4v) is 2.75. The lowest BCUT2D eigenvalue weighted by Gasteiger charge is -2.22. The maximum Gasteiger partial charge on any atom is 0.268 e. The Balaban J connectivity index is 2.21. The molecule has 1 aliphatic rings. The van der Waals surface area contributed by atoms with Crippen molar-refractivity contribution in [3.63, 3.8) is 0 Å². The Morgan fingerprint density at radius 3 is 2.74 bits per heavy atom. The lowest BCUT2D eigenvalue weighted by atomic mass is 9.91. The minimum atomic E-state index is -0.181. The van der Waals surface area contributed by atoms with Gasteiger partial charge >= 0.3 is 0 Å². The van der Waals surface area contributed by atoms with Crippen LogP contribution < -0.4 is 0 Å². The van der Waals surface area contributed by atoms with Gasteiger partial charge in [0.25, 0.3) is 5.91 Å². The van der Waals surface area contributed by atoms with E-state index in [0.29, 0.717) is 17.3 Å². The van der Waals surface area contributed by atoms with Crippen molar-refractivity contribution in [3.05, 3.63) is 10.6 Å². The van der Waals surface area contributed by atoms with Gasteiger partial charge in [0.1, 0.15) is 4.88 Å². The minimum Gasteiger partial charge on any atom is -0.326 e. The largest absolute Gasteiger partial charge is 0.326 e. The fraction of sp³-hybridized carbons (Fsp3) is 0.643. The monoisotopic (exact) mass is 277 g/mol. The van der Waals surface area contributed by atoms with Gasteiger partial charge in [-0.3, -0.25) is 4.79 Å². The molecular weight excluding hydrogens is 258 g/mol. The van der Waals surface area contributed by atoms with Gasteiger partial charge < -0.3 is 4.90 Å². The van der Waals surface area contributed by atoms with Gasteiger partial charge in [-0.1, -0.05) is 31.2 Å². The first-order valence-corrected chi connectivity index (χ1v) is 7.26. The SMILES string of the molecule is C#CCN(CC1CC1)C(=O)c1snnc1C(C)(C)C. The summed E-state index contributed by atoms with van der Waals surface area (Å²) < 4.78 is 3.94. The molecule has 0 unspecified atom stereocenters. The first-order chi connectivity index (χ1) is 8.93. The summed E-state index contributed by atoms with van der Waals surface area (Å²) in [4.78, 5) is 15.0. The Morgan fingerprint density at radius 1 is 1.53 bits per heavy atom. The van der Waals surface area contributed by atoms with Crippen LogP contribution in [-0.2, 0) is 5.41 Å². The third kappa shape index (κ3) is 3.32. The maximum atomic E-state index is 12.6. The highest BCUT2D eigenvalue weighted by molar-refractivity contribution is 7.08. The van der Waals surface area contributed by atoms with Gasteiger partial charge in [0, 0.05) is 12.0 Å². The normalized spacial score (nSPS) is 15.1. The van der Waals surface area contributed by atoms with E-state index >= 15 is 0 Å². The van der Waals surface area contributed by atoms with Crippen molar-refractivity contribution < 1.29 is 4.79 Å². The first-order valence-electron chi connectivity index (χ1n) is 6.49. The van der Waals surface area contributed by atoms with Crippen molar-refractivity contribution >= 4 is 17.4 Å². The lowest BCUT2D eigenvalue weighted by Crippen LogP contribution is -2.34. The summed E-state index contributed by atoms with van der Waals surface area (Å²) in [7, 11) is 0. The Labute approximate surface area is 118 Å². The molecule has 5 heteroatoms. The van der Waals surface area contributed by atoms with E-state index in [1.165, 1.54) is 24.4 Å². The van der Waals surface area contributed by atoms with Gasteiger partial charge in [-0.15, -0.1) is 11.5 Å². The lowest BCUT2D eigenvalue weighted by molar-refractivity contribution is 0.0772. The number of terminal acetylenes is 1. The third-order valence-corrected chi connectivity index (χ3v) is 3.85. The Kier molecular flexibility index (Phi) is 3.91. The second-order valence-corrected chi connectivity index (χ2v) is 6.79. The molecule has 1 heterocycles. The average molecular weight is 277 g/mol. The van der Waals surface area contributed by atoms with Crippen LogP contribution in [0.4, 0.5) is 0 Å². The Morgan fingerprint density at radius 2 is 2.21 bits per heavy atom. The summed E-state index contributed by atoms with van der Waals surface area (Å²) in [6, 6.07) is 0. The molecule has 0 radical (unpaired) electrons. The van der Waals surface area contributed by atoms with Crippen LogP contribution in [-0.4, -0.2) is 33.5 Å². The minimum absolute atomic E-state index is 0.0234. The van der Waals surface area contributed by atoms with E-state index in [9.17, 15) is 4.79 Å². The number of nitrogens with zero attached hydrogens (tertiary/aromatic N) is 3. The van der Waals surface area contributed by atoms with Crippen molar-refractivity contribution in [2.45, 2.75) is 39.0 Å². The van der Waals surface area contributed by atoms with Crippen molar-refractivity contribution in [3.8, 4) is 12.3 Å². The van der Waals surface area contributed by atoms with Gasteiger partial charge in [-0.2, -0.15) is 0 Å². The number of amides is 1. The molecule has 1 saturated carbocycles. The van der Waals surface area contributed by atoms with E-state index in [4.69, 9.17) is 6.42 Å². The first kappa shape index (κ1) is 14.0. The molecule has 1 fully saturated rings. The van der Waals surface area contributed by atoms with Crippen molar-refractivity contribution in [1.29, 1.82) is 0 Å². The molecule has 0 aromatic carbocycles. The number of carbonyl (C=O) groups excluding carboxylic acids is 1. The zero-order valence-corrected chi connectivity index (χ0v) is 12.5. The second-order valence-electron chi connectivity index (χ2n) is 6.03. The molecule has 0 N–H and O–H groups in total. The van der Waals surface area contributed by atoms with Crippen LogP contribution in [0.2, 0.25) is 0 Å². The number of hydrogen-bond donors (Lipinski definition) is 0. The van der Waals surface area contributed by atoms with E-state index in [0.717, 1.165) is 12.2 Å². The van der Waals surface area contributed by atoms with Gasteiger partial charge in [-0.05, 0) is 30.3 Å². The number of hydrogen-bond acceptors (Lipinski definition) is 4. The van der Waals surface area contributed by atoms with Crippen LogP contribution in [0.5, 0.6) is 0 Å². The fourth-order valence-electron chi connectivity index (χ4n) is 1.91. The zero-order chi connectivity index (χ0) is 14.0. The van der Waals surface area contributed by atoms with E-state index in [-0.39, 0.29) is 11.3 Å². The summed E-state index contributed by atoms with van der Waals surface area (Å²) in [5, 5.41) is 4.12. The number of rotatable bonds is 4. The van der Waals surface area contributed by atoms with Gasteiger partial charge in [0.05, 0.1) is 12.2 Å². The Hall–Kier alpha value is -1.41. The van der Waals surface area contributed by atoms with Crippen molar-refractivity contribution in [2.75, 3.05) is 13.1 Å². The summed E-state index contributed by atoms with van der Waals surface area (Å²) in [5.74, 6) is 3.17. The zero-order valence-electron chi connectivity index (χ0n) is 11.6. The molecule has 0 atom stereocenters. The van der Waals surface area contributed by atoms with Crippen molar-refractivity contribution in [2.24, 2.45) is 5.92 Å². The molecule has 102 valence electrons. The highest BCUT2D eigenvalue weighted by atomic mass is 32.1. The molecular formula is C14H19N3OS. The molecule has 19 heavy (non-hydrogen) atoms. The predicted molar refractivity (Wildman–Crippen MR) is 76.1 cm³/mol. The topological polar surface area (TPSA) is 46.1 Å². The van der Waals surface area contributed by atoms with E-state index in [2.05, 4.69) is 15.5 Å². The number of aromatic nitrogens is 2. The molecule has 1 amide bonds. The Bertz CT molecular complexity index is 505. The smallest absolute Gasteiger partial charge is 0.268 e. The standard InChI is InChI=1S/C14H19N3OS/c1-5-8-17(9-10-6-7-10)13(18)11-12(14(2,3)4)15-16-19-11/h1,10H,6-9H2,2-4H3. The molecule has 0 saturated heterocycles. The van der Waals surface area contributed by atoms with Gasteiger partial charge in [-0.25, -0.2) is 0 Å².